The molecule has 1 unspecified atom stereocenters. The van der Waals surface area contributed by atoms with Crippen molar-refractivity contribution in [1.82, 2.24) is 0 Å². The van der Waals surface area contributed by atoms with E-state index in [1.807, 2.05) is 6.92 Å². The molecule has 0 saturated heterocycles. The van der Waals surface area contributed by atoms with Crippen LogP contribution in [0.4, 0.5) is 15.8 Å². The molecule has 0 heterocycles. The molecule has 0 aliphatic carbocycles. The van der Waals surface area contributed by atoms with E-state index in [0.29, 0.717) is 13.0 Å². The normalized spacial score (nSPS) is 12.0. The Balaban J connectivity index is 3.18. The van der Waals surface area contributed by atoms with E-state index in [0.717, 1.165) is 18.6 Å². The molecular formula is C13H17FN2O5. The van der Waals surface area contributed by atoms with E-state index < -0.39 is 28.0 Å². The predicted octanol–water partition coefficient (Wildman–Crippen LogP) is 2.66. The van der Waals surface area contributed by atoms with Crippen LogP contribution in [0.5, 0.6) is 0 Å². The number of aromatic carboxylic acids is 1. The van der Waals surface area contributed by atoms with E-state index in [4.69, 9.17) is 9.84 Å². The lowest BCUT2D eigenvalue weighted by atomic mass is 10.1. The molecule has 7 nitrogen and oxygen atoms in total. The molecule has 0 radical (unpaired) electrons. The summed E-state index contributed by atoms with van der Waals surface area (Å²) >= 11 is 0. The van der Waals surface area contributed by atoms with E-state index in [9.17, 15) is 19.3 Å². The number of nitrogens with one attached hydrogen (secondary N) is 1. The van der Waals surface area contributed by atoms with E-state index in [1.54, 1.807) is 0 Å². The summed E-state index contributed by atoms with van der Waals surface area (Å²) in [5.41, 5.74) is -1.27. The van der Waals surface area contributed by atoms with Crippen LogP contribution < -0.4 is 5.32 Å². The fraction of sp³-hybridized carbons (Fsp3) is 0.462. The topological polar surface area (TPSA) is 102 Å². The number of hydrogen-bond donors (Lipinski definition) is 2. The van der Waals surface area contributed by atoms with Gasteiger partial charge in [-0.15, -0.1) is 0 Å². The SMILES string of the molecule is CCCC(COC)Nc1cc(F)c(C(=O)O)cc1[N+](=O)[O-]. The highest BCUT2D eigenvalue weighted by atomic mass is 19.1. The lowest BCUT2D eigenvalue weighted by Gasteiger charge is -2.18. The minimum atomic E-state index is -1.55. The highest BCUT2D eigenvalue weighted by Crippen LogP contribution is 2.29. The summed E-state index contributed by atoms with van der Waals surface area (Å²) in [7, 11) is 1.49. The predicted molar refractivity (Wildman–Crippen MR) is 74.2 cm³/mol. The van der Waals surface area contributed by atoms with Crippen LogP contribution in [-0.2, 0) is 4.74 Å². The molecule has 0 bridgehead atoms. The minimum Gasteiger partial charge on any atom is -0.478 e. The maximum atomic E-state index is 13.7. The van der Waals surface area contributed by atoms with Crippen LogP contribution in [0.15, 0.2) is 12.1 Å². The third-order valence-corrected chi connectivity index (χ3v) is 2.88. The summed E-state index contributed by atoms with van der Waals surface area (Å²) in [6.45, 7) is 2.24. The van der Waals surface area contributed by atoms with Gasteiger partial charge in [-0.3, -0.25) is 10.1 Å². The van der Waals surface area contributed by atoms with Crippen molar-refractivity contribution in [3.63, 3.8) is 0 Å². The number of carbonyl (C=O) groups is 1. The molecule has 21 heavy (non-hydrogen) atoms. The Morgan fingerprint density at radius 1 is 1.57 bits per heavy atom. The number of carboxylic acids is 1. The van der Waals surface area contributed by atoms with Crippen LogP contribution in [0.25, 0.3) is 0 Å². The quantitative estimate of drug-likeness (QED) is 0.565. The van der Waals surface area contributed by atoms with Crippen molar-refractivity contribution >= 4 is 17.3 Å². The van der Waals surface area contributed by atoms with E-state index >= 15 is 0 Å². The molecule has 0 aliphatic rings. The highest BCUT2D eigenvalue weighted by molar-refractivity contribution is 5.90. The van der Waals surface area contributed by atoms with Crippen LogP contribution in [0.1, 0.15) is 30.1 Å². The van der Waals surface area contributed by atoms with Gasteiger partial charge in [0.25, 0.3) is 5.69 Å². The Kier molecular flexibility index (Phi) is 6.04. The summed E-state index contributed by atoms with van der Waals surface area (Å²) in [6.07, 6.45) is 1.48. The summed E-state index contributed by atoms with van der Waals surface area (Å²) in [6, 6.07) is 1.32. The molecule has 1 aromatic rings. The number of ether oxygens (including phenoxy) is 1. The third kappa shape index (κ3) is 4.38. The van der Waals surface area contributed by atoms with Gasteiger partial charge in [-0.05, 0) is 6.42 Å². The fourth-order valence-electron chi connectivity index (χ4n) is 1.96. The van der Waals surface area contributed by atoms with Crippen LogP contribution in [0, 0.1) is 15.9 Å². The molecule has 0 fully saturated rings. The summed E-state index contributed by atoms with van der Waals surface area (Å²) < 4.78 is 18.7. The number of hydrogen-bond acceptors (Lipinski definition) is 5. The van der Waals surface area contributed by atoms with Gasteiger partial charge in [-0.1, -0.05) is 13.3 Å². The van der Waals surface area contributed by atoms with Crippen LogP contribution in [0.3, 0.4) is 0 Å². The number of nitro groups is 1. The molecule has 0 spiro atoms. The van der Waals surface area contributed by atoms with Gasteiger partial charge in [0, 0.05) is 25.3 Å². The van der Waals surface area contributed by atoms with Crippen molar-refractivity contribution in [2.24, 2.45) is 0 Å². The van der Waals surface area contributed by atoms with Crippen molar-refractivity contribution in [3.05, 3.63) is 33.6 Å². The average Bonchev–Trinajstić information content (AvgIpc) is 2.38. The Labute approximate surface area is 120 Å². The van der Waals surface area contributed by atoms with Crippen molar-refractivity contribution in [3.8, 4) is 0 Å². The monoisotopic (exact) mass is 300 g/mol. The summed E-state index contributed by atoms with van der Waals surface area (Å²) in [5, 5.41) is 22.7. The zero-order valence-corrected chi connectivity index (χ0v) is 11.8. The molecule has 0 amide bonds. The van der Waals surface area contributed by atoms with Gasteiger partial charge in [0.05, 0.1) is 11.5 Å². The lowest BCUT2D eigenvalue weighted by molar-refractivity contribution is -0.384. The number of halogens is 1. The molecule has 116 valence electrons. The van der Waals surface area contributed by atoms with E-state index in [-0.39, 0.29) is 11.7 Å². The highest BCUT2D eigenvalue weighted by Gasteiger charge is 2.23. The van der Waals surface area contributed by atoms with Gasteiger partial charge in [-0.2, -0.15) is 0 Å². The largest absolute Gasteiger partial charge is 0.478 e. The number of anilines is 1. The third-order valence-electron chi connectivity index (χ3n) is 2.88. The van der Waals surface area contributed by atoms with Gasteiger partial charge < -0.3 is 15.2 Å². The molecule has 1 atom stereocenters. The molecule has 0 aromatic heterocycles. The number of rotatable bonds is 8. The molecule has 1 aromatic carbocycles. The second kappa shape index (κ2) is 7.53. The zero-order valence-electron chi connectivity index (χ0n) is 11.8. The maximum absolute atomic E-state index is 13.7. The lowest BCUT2D eigenvalue weighted by Crippen LogP contribution is -2.25. The average molecular weight is 300 g/mol. The van der Waals surface area contributed by atoms with Gasteiger partial charge in [0.1, 0.15) is 17.1 Å². The second-order valence-electron chi connectivity index (χ2n) is 4.50. The first-order chi connectivity index (χ1) is 9.90. The van der Waals surface area contributed by atoms with Gasteiger partial charge in [0.15, 0.2) is 0 Å². The maximum Gasteiger partial charge on any atom is 0.338 e. The first-order valence-corrected chi connectivity index (χ1v) is 6.37. The number of nitrogens with zero attached hydrogens (tertiary/aromatic N) is 1. The van der Waals surface area contributed by atoms with Crippen LogP contribution in [-0.4, -0.2) is 35.8 Å². The second-order valence-corrected chi connectivity index (χ2v) is 4.50. The molecule has 0 aliphatic heterocycles. The van der Waals surface area contributed by atoms with Crippen LogP contribution >= 0.6 is 0 Å². The Morgan fingerprint density at radius 2 is 2.24 bits per heavy atom. The molecule has 0 saturated carbocycles. The minimum absolute atomic E-state index is 0.0574. The van der Waals surface area contributed by atoms with Crippen molar-refractivity contribution < 1.29 is 24.0 Å². The van der Waals surface area contributed by atoms with E-state index in [1.165, 1.54) is 7.11 Å². The van der Waals surface area contributed by atoms with Crippen molar-refractivity contribution in [2.45, 2.75) is 25.8 Å². The summed E-state index contributed by atoms with van der Waals surface area (Å²) in [5.74, 6) is -2.58. The Morgan fingerprint density at radius 3 is 2.71 bits per heavy atom. The number of benzene rings is 1. The molecule has 1 rings (SSSR count). The number of carboxylic acid groups (broad SMARTS) is 1. The number of nitro benzene ring substituents is 1. The fourth-order valence-corrected chi connectivity index (χ4v) is 1.96. The first kappa shape index (κ1) is 16.8. The molecule has 8 heteroatoms. The smallest absolute Gasteiger partial charge is 0.338 e. The molecular weight excluding hydrogens is 283 g/mol. The van der Waals surface area contributed by atoms with Crippen LogP contribution in [0.2, 0.25) is 0 Å². The number of methoxy groups -OCH3 is 1. The van der Waals surface area contributed by atoms with Gasteiger partial charge in [0.2, 0.25) is 0 Å². The Bertz CT molecular complexity index is 530. The Hall–Kier alpha value is -2.22. The van der Waals surface area contributed by atoms with Crippen molar-refractivity contribution in [1.29, 1.82) is 0 Å². The molecule has 2 N–H and O–H groups in total. The van der Waals surface area contributed by atoms with Crippen molar-refractivity contribution in [2.75, 3.05) is 19.0 Å². The van der Waals surface area contributed by atoms with E-state index in [2.05, 4.69) is 5.32 Å². The van der Waals surface area contributed by atoms with Gasteiger partial charge in [-0.25, -0.2) is 9.18 Å². The zero-order chi connectivity index (χ0) is 16.0. The first-order valence-electron chi connectivity index (χ1n) is 6.37. The summed E-state index contributed by atoms with van der Waals surface area (Å²) in [4.78, 5) is 21.1. The standard InChI is InChI=1S/C13H17FN2O5/c1-3-4-8(7-21-2)15-11-6-10(14)9(13(17)18)5-12(11)16(19)20/h5-6,8,15H,3-4,7H2,1-2H3,(H,17,18). The van der Waals surface area contributed by atoms with Gasteiger partial charge >= 0.3 is 5.97 Å².